The minimum atomic E-state index is 0.528. The highest BCUT2D eigenvalue weighted by Crippen LogP contribution is 1.89. The molecular weight excluding hydrogens is 102 g/mol. The van der Waals surface area contributed by atoms with Crippen molar-refractivity contribution in [2.24, 2.45) is 0 Å². The van der Waals surface area contributed by atoms with Crippen molar-refractivity contribution in [2.45, 2.75) is 13.0 Å². The second-order valence-electron chi connectivity index (χ2n) is 2.27. The molecule has 0 N–H and O–H groups in total. The van der Waals surface area contributed by atoms with Crippen LogP contribution < -0.4 is 0 Å². The predicted octanol–water partition coefficient (Wildman–Crippen LogP) is 0.583. The number of likely N-dealkylation sites (N-methyl/N-ethyl adjacent to an activating group) is 1. The Morgan fingerprint density at radius 2 is 2.00 bits per heavy atom. The Bertz CT molecular complexity index is 54.5. The molecule has 0 spiro atoms. The lowest BCUT2D eigenvalue weighted by atomic mass is 10.3. The maximum Gasteiger partial charge on any atom is 0.0615 e. The summed E-state index contributed by atoms with van der Waals surface area (Å²) in [7, 11) is 5.81. The van der Waals surface area contributed by atoms with Crippen LogP contribution in [0.5, 0.6) is 0 Å². The minimum Gasteiger partial charge on any atom is -0.383 e. The molecule has 0 saturated heterocycles. The number of methoxy groups -OCH3 is 1. The third-order valence-corrected chi connectivity index (χ3v) is 1.29. The molecule has 0 bridgehead atoms. The Labute approximate surface area is 51.4 Å². The molecule has 0 aromatic carbocycles. The summed E-state index contributed by atoms with van der Waals surface area (Å²) in [6, 6.07) is 0.528. The lowest BCUT2D eigenvalue weighted by Gasteiger charge is -2.17. The molecule has 0 radical (unpaired) electrons. The summed E-state index contributed by atoms with van der Waals surface area (Å²) in [5.41, 5.74) is 0. The molecule has 0 heterocycles. The van der Waals surface area contributed by atoms with Gasteiger partial charge in [0.2, 0.25) is 0 Å². The molecule has 50 valence electrons. The van der Waals surface area contributed by atoms with Crippen molar-refractivity contribution in [2.75, 3.05) is 27.8 Å². The lowest BCUT2D eigenvalue weighted by molar-refractivity contribution is 0.129. The summed E-state index contributed by atoms with van der Waals surface area (Å²) in [4.78, 5) is 2.13. The van der Waals surface area contributed by atoms with Crippen LogP contribution in [0.1, 0.15) is 6.92 Å². The van der Waals surface area contributed by atoms with Gasteiger partial charge < -0.3 is 9.64 Å². The van der Waals surface area contributed by atoms with Gasteiger partial charge in [0.1, 0.15) is 0 Å². The molecule has 0 amide bonds. The standard InChI is InChI=1S/C6H15NO/c1-6(5-8-4)7(2)3/h6H,5H2,1-4H3. The highest BCUT2D eigenvalue weighted by Gasteiger charge is 2.00. The highest BCUT2D eigenvalue weighted by atomic mass is 16.5. The third-order valence-electron chi connectivity index (χ3n) is 1.29. The molecule has 0 aromatic rings. The molecule has 2 nitrogen and oxygen atoms in total. The Hall–Kier alpha value is -0.0800. The molecule has 2 heteroatoms. The van der Waals surface area contributed by atoms with Crippen LogP contribution in [0.3, 0.4) is 0 Å². The molecule has 1 atom stereocenters. The number of ether oxygens (including phenoxy) is 1. The maximum absolute atomic E-state index is 4.92. The van der Waals surface area contributed by atoms with E-state index in [2.05, 4.69) is 11.8 Å². The van der Waals surface area contributed by atoms with Crippen molar-refractivity contribution in [3.05, 3.63) is 0 Å². The van der Waals surface area contributed by atoms with Gasteiger partial charge in [-0.1, -0.05) is 0 Å². The number of rotatable bonds is 3. The van der Waals surface area contributed by atoms with Gasteiger partial charge >= 0.3 is 0 Å². The van der Waals surface area contributed by atoms with Crippen LogP contribution in [0.4, 0.5) is 0 Å². The summed E-state index contributed by atoms with van der Waals surface area (Å²) in [6.45, 7) is 2.94. The number of hydrogen-bond acceptors (Lipinski definition) is 2. The molecule has 0 aliphatic heterocycles. The van der Waals surface area contributed by atoms with Gasteiger partial charge in [-0.3, -0.25) is 0 Å². The number of nitrogens with zero attached hydrogens (tertiary/aromatic N) is 1. The van der Waals surface area contributed by atoms with Crippen LogP contribution in [0.15, 0.2) is 0 Å². The Balaban J connectivity index is 3.17. The first-order valence-corrected chi connectivity index (χ1v) is 2.84. The van der Waals surface area contributed by atoms with E-state index in [0.29, 0.717) is 6.04 Å². The van der Waals surface area contributed by atoms with Crippen molar-refractivity contribution in [3.8, 4) is 0 Å². The molecule has 0 aliphatic carbocycles. The van der Waals surface area contributed by atoms with E-state index in [1.165, 1.54) is 0 Å². The van der Waals surface area contributed by atoms with E-state index in [1.54, 1.807) is 7.11 Å². The largest absolute Gasteiger partial charge is 0.383 e. The zero-order valence-electron chi connectivity index (χ0n) is 6.14. The Kier molecular flexibility index (Phi) is 3.83. The van der Waals surface area contributed by atoms with Gasteiger partial charge in [-0.2, -0.15) is 0 Å². The average molecular weight is 117 g/mol. The first-order valence-electron chi connectivity index (χ1n) is 2.84. The normalized spacial score (nSPS) is 14.6. The summed E-state index contributed by atoms with van der Waals surface area (Å²) in [5.74, 6) is 0. The lowest BCUT2D eigenvalue weighted by Crippen LogP contribution is -2.28. The monoisotopic (exact) mass is 117 g/mol. The fraction of sp³-hybridized carbons (Fsp3) is 1.00. The fourth-order valence-electron chi connectivity index (χ4n) is 0.390. The smallest absolute Gasteiger partial charge is 0.0615 e. The van der Waals surface area contributed by atoms with Crippen LogP contribution >= 0.6 is 0 Å². The summed E-state index contributed by atoms with van der Waals surface area (Å²) in [6.07, 6.45) is 0. The van der Waals surface area contributed by atoms with Crippen LogP contribution in [0.25, 0.3) is 0 Å². The summed E-state index contributed by atoms with van der Waals surface area (Å²) in [5, 5.41) is 0. The van der Waals surface area contributed by atoms with E-state index in [0.717, 1.165) is 6.61 Å². The van der Waals surface area contributed by atoms with Gasteiger partial charge in [-0.05, 0) is 21.0 Å². The molecule has 0 rings (SSSR count). The van der Waals surface area contributed by atoms with E-state index >= 15 is 0 Å². The van der Waals surface area contributed by atoms with Crippen LogP contribution in [-0.2, 0) is 4.74 Å². The van der Waals surface area contributed by atoms with Crippen LogP contribution in [0.2, 0.25) is 0 Å². The van der Waals surface area contributed by atoms with E-state index in [9.17, 15) is 0 Å². The second-order valence-corrected chi connectivity index (χ2v) is 2.27. The average Bonchev–Trinajstić information content (AvgIpc) is 1.67. The van der Waals surface area contributed by atoms with Crippen LogP contribution in [0, 0.1) is 0 Å². The SMILES string of the molecule is COCC(C)N(C)C. The predicted molar refractivity (Wildman–Crippen MR) is 35.0 cm³/mol. The van der Waals surface area contributed by atoms with E-state index < -0.39 is 0 Å². The molecule has 0 saturated carbocycles. The van der Waals surface area contributed by atoms with Crippen molar-refractivity contribution in [1.29, 1.82) is 0 Å². The van der Waals surface area contributed by atoms with Gasteiger partial charge in [0.05, 0.1) is 6.61 Å². The zero-order chi connectivity index (χ0) is 6.57. The summed E-state index contributed by atoms with van der Waals surface area (Å²) >= 11 is 0. The molecule has 1 unspecified atom stereocenters. The minimum absolute atomic E-state index is 0.528. The molecule has 0 aliphatic rings. The van der Waals surface area contributed by atoms with Gasteiger partial charge in [-0.15, -0.1) is 0 Å². The van der Waals surface area contributed by atoms with Crippen molar-refractivity contribution in [1.82, 2.24) is 4.90 Å². The Morgan fingerprint density at radius 3 is 2.12 bits per heavy atom. The van der Waals surface area contributed by atoms with Crippen molar-refractivity contribution in [3.63, 3.8) is 0 Å². The van der Waals surface area contributed by atoms with Gasteiger partial charge in [-0.25, -0.2) is 0 Å². The topological polar surface area (TPSA) is 12.5 Å². The number of hydrogen-bond donors (Lipinski definition) is 0. The Morgan fingerprint density at radius 1 is 1.50 bits per heavy atom. The van der Waals surface area contributed by atoms with Gasteiger partial charge in [0.25, 0.3) is 0 Å². The third kappa shape index (κ3) is 2.99. The van der Waals surface area contributed by atoms with Crippen LogP contribution in [-0.4, -0.2) is 38.8 Å². The van der Waals surface area contributed by atoms with Gasteiger partial charge in [0.15, 0.2) is 0 Å². The maximum atomic E-state index is 4.92. The fourth-order valence-corrected chi connectivity index (χ4v) is 0.390. The quantitative estimate of drug-likeness (QED) is 0.536. The van der Waals surface area contributed by atoms with Crippen molar-refractivity contribution >= 4 is 0 Å². The van der Waals surface area contributed by atoms with Crippen molar-refractivity contribution < 1.29 is 4.74 Å². The molecule has 0 fully saturated rings. The second kappa shape index (κ2) is 3.87. The molecule has 8 heavy (non-hydrogen) atoms. The summed E-state index contributed by atoms with van der Waals surface area (Å²) < 4.78 is 4.92. The first kappa shape index (κ1) is 7.92. The van der Waals surface area contributed by atoms with E-state index in [4.69, 9.17) is 4.74 Å². The van der Waals surface area contributed by atoms with Gasteiger partial charge in [0, 0.05) is 13.2 Å². The van der Waals surface area contributed by atoms with E-state index in [1.807, 2.05) is 14.1 Å². The highest BCUT2D eigenvalue weighted by molar-refractivity contribution is 4.55. The van der Waals surface area contributed by atoms with E-state index in [-0.39, 0.29) is 0 Å². The molecular formula is C6H15NO. The molecule has 0 aromatic heterocycles. The first-order chi connectivity index (χ1) is 3.68. The zero-order valence-corrected chi connectivity index (χ0v) is 6.14.